The first-order chi connectivity index (χ1) is 20.0. The van der Waals surface area contributed by atoms with Crippen molar-refractivity contribution in [1.82, 2.24) is 0 Å². The summed E-state index contributed by atoms with van der Waals surface area (Å²) in [6.07, 6.45) is -9.75. The van der Waals surface area contributed by atoms with Gasteiger partial charge >= 0.3 is 5.97 Å². The van der Waals surface area contributed by atoms with Crippen LogP contribution in [-0.4, -0.2) is 68.1 Å². The number of aliphatic carboxylic acids is 1. The number of phenols is 1. The van der Waals surface area contributed by atoms with E-state index in [4.69, 9.17) is 9.47 Å². The number of aliphatic hydroxyl groups excluding tert-OH is 3. The zero-order valence-corrected chi connectivity index (χ0v) is 22.0. The van der Waals surface area contributed by atoms with Gasteiger partial charge in [-0.25, -0.2) is 13.6 Å². The van der Waals surface area contributed by atoms with Gasteiger partial charge in [0.15, 0.2) is 12.4 Å². The number of benzene rings is 3. The van der Waals surface area contributed by atoms with Crippen molar-refractivity contribution in [2.24, 2.45) is 5.92 Å². The molecular weight excluding hydrogens is 556 g/mol. The number of hydrogen-bond donors (Lipinski definition) is 5. The number of halogens is 2. The Labute approximate surface area is 239 Å². The first-order valence-corrected chi connectivity index (χ1v) is 13.3. The summed E-state index contributed by atoms with van der Waals surface area (Å²) >= 11 is 0. The molecule has 2 aliphatic rings. The van der Waals surface area contributed by atoms with Crippen molar-refractivity contribution in [2.75, 3.05) is 4.90 Å². The van der Waals surface area contributed by atoms with Gasteiger partial charge in [-0.2, -0.15) is 0 Å². The van der Waals surface area contributed by atoms with Crippen LogP contribution in [0.25, 0.3) is 0 Å². The van der Waals surface area contributed by atoms with Gasteiger partial charge < -0.3 is 39.9 Å². The van der Waals surface area contributed by atoms with Gasteiger partial charge in [0.1, 0.15) is 35.7 Å². The summed E-state index contributed by atoms with van der Waals surface area (Å²) in [6, 6.07) is 16.5. The minimum absolute atomic E-state index is 0.0390. The van der Waals surface area contributed by atoms with Gasteiger partial charge in [-0.1, -0.05) is 24.3 Å². The molecule has 8 atom stereocenters. The Bertz CT molecular complexity index is 1400. The molecule has 42 heavy (non-hydrogen) atoms. The predicted molar refractivity (Wildman–Crippen MR) is 142 cm³/mol. The third-order valence-corrected chi connectivity index (χ3v) is 7.65. The highest BCUT2D eigenvalue weighted by molar-refractivity contribution is 6.03. The summed E-state index contributed by atoms with van der Waals surface area (Å²) in [5, 5.41) is 49.9. The molecule has 2 saturated heterocycles. The van der Waals surface area contributed by atoms with E-state index in [9.17, 15) is 43.9 Å². The highest BCUT2D eigenvalue weighted by Gasteiger charge is 2.50. The fourth-order valence-corrected chi connectivity index (χ4v) is 5.42. The average molecular weight is 586 g/mol. The Morgan fingerprint density at radius 2 is 1.48 bits per heavy atom. The molecule has 5 rings (SSSR count). The van der Waals surface area contributed by atoms with Crippen LogP contribution in [0.15, 0.2) is 72.8 Å². The van der Waals surface area contributed by atoms with Gasteiger partial charge in [0.05, 0.1) is 18.1 Å². The molecule has 2 unspecified atom stereocenters. The molecule has 0 bridgehead atoms. The van der Waals surface area contributed by atoms with Crippen LogP contribution in [0.2, 0.25) is 0 Å². The van der Waals surface area contributed by atoms with Crippen molar-refractivity contribution >= 4 is 17.6 Å². The lowest BCUT2D eigenvalue weighted by atomic mass is 9.78. The Kier molecular flexibility index (Phi) is 8.53. The summed E-state index contributed by atoms with van der Waals surface area (Å²) in [6.45, 7) is 0. The summed E-state index contributed by atoms with van der Waals surface area (Å²) in [4.78, 5) is 26.5. The first kappa shape index (κ1) is 29.5. The van der Waals surface area contributed by atoms with Crippen molar-refractivity contribution in [2.45, 2.75) is 55.7 Å². The van der Waals surface area contributed by atoms with Crippen molar-refractivity contribution in [3.63, 3.8) is 0 Å². The number of aliphatic hydroxyl groups is 3. The highest BCUT2D eigenvalue weighted by atomic mass is 19.1. The summed E-state index contributed by atoms with van der Waals surface area (Å²) < 4.78 is 38.5. The Hall–Kier alpha value is -3.94. The van der Waals surface area contributed by atoms with Crippen LogP contribution in [0.1, 0.15) is 36.1 Å². The van der Waals surface area contributed by atoms with Crippen LogP contribution in [0.3, 0.4) is 0 Å². The Morgan fingerprint density at radius 1 is 0.881 bits per heavy atom. The molecule has 0 aromatic heterocycles. The van der Waals surface area contributed by atoms with Crippen LogP contribution in [0, 0.1) is 17.6 Å². The SMILES string of the molecule is O=C(O)[C@H]1O[C@@H](O[C@@H](CCC2C(=O)N(c3ccc(F)cc3)C2c2ccc(O)cc2)c2ccc(F)cc2)[C@H](O)[C@@H](O)[C@@H]1O. The highest BCUT2D eigenvalue weighted by Crippen LogP contribution is 2.47. The number of carbonyl (C=O) groups excluding carboxylic acids is 1. The maximum absolute atomic E-state index is 13.7. The third kappa shape index (κ3) is 5.85. The monoisotopic (exact) mass is 585 g/mol. The number of carbonyl (C=O) groups is 2. The number of ether oxygens (including phenoxy) is 2. The fraction of sp³-hybridized carbons (Fsp3) is 0.333. The van der Waals surface area contributed by atoms with E-state index in [0.717, 1.165) is 0 Å². The molecule has 222 valence electrons. The van der Waals surface area contributed by atoms with Crippen LogP contribution >= 0.6 is 0 Å². The lowest BCUT2D eigenvalue weighted by molar-refractivity contribution is -0.306. The van der Waals surface area contributed by atoms with E-state index in [2.05, 4.69) is 0 Å². The van der Waals surface area contributed by atoms with Crippen LogP contribution in [0.5, 0.6) is 5.75 Å². The van der Waals surface area contributed by atoms with Gasteiger partial charge in [-0.05, 0) is 72.5 Å². The fourth-order valence-electron chi connectivity index (χ4n) is 5.42. The number of phenolic OH excluding ortho intramolecular Hbond substituents is 1. The van der Waals surface area contributed by atoms with Crippen molar-refractivity contribution < 1.29 is 53.4 Å². The minimum atomic E-state index is -1.90. The normalized spacial score (nSPS) is 28.3. The Balaban J connectivity index is 1.40. The summed E-state index contributed by atoms with van der Waals surface area (Å²) in [5.41, 5.74) is 1.63. The van der Waals surface area contributed by atoms with E-state index in [-0.39, 0.29) is 24.5 Å². The number of rotatable bonds is 9. The molecule has 10 nitrogen and oxygen atoms in total. The van der Waals surface area contributed by atoms with E-state index in [1.165, 1.54) is 65.6 Å². The number of aromatic hydroxyl groups is 1. The zero-order valence-electron chi connectivity index (χ0n) is 22.0. The standard InChI is InChI=1S/C30H29F2NO9/c31-17-5-1-15(2-6-17)22(41-30-26(37)24(35)25(36)27(42-30)29(39)40)14-13-21-23(16-3-11-20(34)12-4-16)33(28(21)38)19-9-7-18(32)8-10-19/h1-12,21-27,30,34-37H,13-14H2,(H,39,40)/t21?,22-,23?,24-,25-,26+,27-,30+/m0/s1. The van der Waals surface area contributed by atoms with Crippen molar-refractivity contribution in [3.05, 3.63) is 95.6 Å². The predicted octanol–water partition coefficient (Wildman–Crippen LogP) is 2.80. The molecule has 2 heterocycles. The average Bonchev–Trinajstić information content (AvgIpc) is 2.97. The lowest BCUT2D eigenvalue weighted by Gasteiger charge is -2.48. The van der Waals surface area contributed by atoms with E-state index >= 15 is 0 Å². The molecule has 0 aliphatic carbocycles. The van der Waals surface area contributed by atoms with Gasteiger partial charge in [-0.15, -0.1) is 0 Å². The van der Waals surface area contributed by atoms with E-state index in [1.807, 2.05) is 0 Å². The molecule has 0 saturated carbocycles. The largest absolute Gasteiger partial charge is 0.508 e. The van der Waals surface area contributed by atoms with Gasteiger partial charge in [0.2, 0.25) is 5.91 Å². The molecule has 0 spiro atoms. The van der Waals surface area contributed by atoms with Gasteiger partial charge in [0, 0.05) is 5.69 Å². The first-order valence-electron chi connectivity index (χ1n) is 13.3. The summed E-state index contributed by atoms with van der Waals surface area (Å²) in [7, 11) is 0. The second kappa shape index (κ2) is 12.1. The molecule has 3 aromatic rings. The maximum atomic E-state index is 13.7. The van der Waals surface area contributed by atoms with E-state index in [0.29, 0.717) is 16.8 Å². The van der Waals surface area contributed by atoms with Crippen LogP contribution in [0.4, 0.5) is 14.5 Å². The number of β-lactam (4-membered cyclic amide) rings is 1. The topological polar surface area (TPSA) is 157 Å². The lowest BCUT2D eigenvalue weighted by Crippen LogP contribution is -2.60. The number of amides is 1. The third-order valence-electron chi connectivity index (χ3n) is 7.65. The second-order valence-electron chi connectivity index (χ2n) is 10.3. The zero-order chi connectivity index (χ0) is 30.1. The van der Waals surface area contributed by atoms with Gasteiger partial charge in [-0.3, -0.25) is 4.79 Å². The smallest absolute Gasteiger partial charge is 0.335 e. The molecule has 2 fully saturated rings. The molecule has 1 amide bonds. The van der Waals surface area contributed by atoms with Gasteiger partial charge in [0.25, 0.3) is 0 Å². The van der Waals surface area contributed by atoms with E-state index < -0.39 is 66.4 Å². The minimum Gasteiger partial charge on any atom is -0.508 e. The summed E-state index contributed by atoms with van der Waals surface area (Å²) in [5.74, 6) is -3.36. The van der Waals surface area contributed by atoms with Crippen LogP contribution < -0.4 is 4.90 Å². The molecule has 12 heteroatoms. The molecular formula is C30H29F2NO9. The van der Waals surface area contributed by atoms with Crippen molar-refractivity contribution in [3.8, 4) is 5.75 Å². The van der Waals surface area contributed by atoms with E-state index in [1.54, 1.807) is 12.1 Å². The number of carboxylic acid groups (broad SMARTS) is 1. The Morgan fingerprint density at radius 3 is 2.07 bits per heavy atom. The maximum Gasteiger partial charge on any atom is 0.335 e. The molecule has 3 aromatic carbocycles. The second-order valence-corrected chi connectivity index (χ2v) is 10.3. The number of hydrogen-bond acceptors (Lipinski definition) is 8. The molecule has 5 N–H and O–H groups in total. The molecule has 0 radical (unpaired) electrons. The van der Waals surface area contributed by atoms with Crippen LogP contribution in [-0.2, 0) is 19.1 Å². The number of carboxylic acids is 1. The number of anilines is 1. The molecule has 2 aliphatic heterocycles. The van der Waals surface area contributed by atoms with Crippen molar-refractivity contribution in [1.29, 1.82) is 0 Å². The quantitative estimate of drug-likeness (QED) is 0.238. The number of nitrogens with zero attached hydrogens (tertiary/aromatic N) is 1.